The molecule has 0 aliphatic heterocycles. The number of ether oxygens (including phenoxy) is 1. The van der Waals surface area contributed by atoms with Gasteiger partial charge in [-0.25, -0.2) is 0 Å². The molecular weight excluding hydrogens is 314 g/mol. The minimum Gasteiger partial charge on any atom is -0.457 e. The number of nitrogens with zero attached hydrogens (tertiary/aromatic N) is 1. The fraction of sp³-hybridized carbons (Fsp3) is 0.100. The van der Waals surface area contributed by atoms with Gasteiger partial charge >= 0.3 is 0 Å². The Morgan fingerprint density at radius 1 is 0.960 bits per heavy atom. The van der Waals surface area contributed by atoms with Gasteiger partial charge in [-0.05, 0) is 61.4 Å². The van der Waals surface area contributed by atoms with Gasteiger partial charge in [0, 0.05) is 17.8 Å². The summed E-state index contributed by atoms with van der Waals surface area (Å²) in [6.45, 7) is 3.99. The van der Waals surface area contributed by atoms with Crippen LogP contribution in [-0.4, -0.2) is 4.98 Å². The first-order chi connectivity index (χ1) is 12.0. The quantitative estimate of drug-likeness (QED) is 0.743. The van der Waals surface area contributed by atoms with Gasteiger partial charge < -0.3 is 15.0 Å². The molecule has 0 fully saturated rings. The summed E-state index contributed by atoms with van der Waals surface area (Å²) in [4.78, 5) is 14.6. The smallest absolute Gasteiger partial charge is 0.253 e. The Morgan fingerprint density at radius 3 is 2.24 bits per heavy atom. The van der Waals surface area contributed by atoms with Crippen molar-refractivity contribution in [3.8, 4) is 17.6 Å². The third-order valence-electron chi connectivity index (χ3n) is 3.54. The number of hydrogen-bond acceptors (Lipinski definition) is 4. The van der Waals surface area contributed by atoms with Gasteiger partial charge in [0.05, 0.1) is 11.6 Å². The molecule has 1 aromatic heterocycles. The Morgan fingerprint density at radius 2 is 1.60 bits per heavy atom. The van der Waals surface area contributed by atoms with Gasteiger partial charge in [0.15, 0.2) is 0 Å². The van der Waals surface area contributed by atoms with Crippen molar-refractivity contribution in [2.45, 2.75) is 13.8 Å². The van der Waals surface area contributed by atoms with E-state index in [0.717, 1.165) is 16.8 Å². The van der Waals surface area contributed by atoms with E-state index in [9.17, 15) is 4.79 Å². The normalized spacial score (nSPS) is 10.1. The summed E-state index contributed by atoms with van der Waals surface area (Å²) in [6, 6.07) is 18.0. The minimum absolute atomic E-state index is 0.266. The van der Waals surface area contributed by atoms with Crippen molar-refractivity contribution in [1.82, 2.24) is 4.98 Å². The fourth-order valence-corrected chi connectivity index (χ4v) is 2.56. The first-order valence-electron chi connectivity index (χ1n) is 7.79. The minimum atomic E-state index is -0.266. The predicted molar refractivity (Wildman–Crippen MR) is 97.5 cm³/mol. The van der Waals surface area contributed by atoms with Crippen LogP contribution < -0.4 is 15.6 Å². The summed E-state index contributed by atoms with van der Waals surface area (Å²) in [5.74, 6) is 1.65. The topological polar surface area (TPSA) is 77.9 Å². The average molecular weight is 331 g/mol. The lowest BCUT2D eigenvalue weighted by atomic mass is 10.1. The van der Waals surface area contributed by atoms with Crippen molar-refractivity contribution in [2.75, 3.05) is 5.32 Å². The lowest BCUT2D eigenvalue weighted by Crippen LogP contribution is -2.07. The molecule has 0 saturated carbocycles. The zero-order chi connectivity index (χ0) is 17.8. The molecule has 5 nitrogen and oxygen atoms in total. The Hall–Kier alpha value is -3.52. The van der Waals surface area contributed by atoms with Crippen molar-refractivity contribution in [3.05, 3.63) is 81.6 Å². The highest BCUT2D eigenvalue weighted by molar-refractivity contribution is 5.58. The first kappa shape index (κ1) is 16.3. The molecule has 124 valence electrons. The van der Waals surface area contributed by atoms with Crippen molar-refractivity contribution in [1.29, 1.82) is 5.26 Å². The van der Waals surface area contributed by atoms with E-state index < -0.39 is 0 Å². The number of hydrogen-bond donors (Lipinski definition) is 2. The van der Waals surface area contributed by atoms with Crippen molar-refractivity contribution in [2.24, 2.45) is 0 Å². The molecule has 0 bridgehead atoms. The number of aromatic nitrogens is 1. The van der Waals surface area contributed by atoms with E-state index in [2.05, 4.69) is 22.4 Å². The van der Waals surface area contributed by atoms with Gasteiger partial charge in [-0.15, -0.1) is 0 Å². The van der Waals surface area contributed by atoms with E-state index in [1.807, 2.05) is 26.0 Å². The SMILES string of the molecule is Cc1cc(C)cc(Oc2cc(Nc3ccc(C#N)cc3)[nH]c(=O)c2)c1. The Balaban J connectivity index is 1.84. The molecule has 0 saturated heterocycles. The zero-order valence-electron chi connectivity index (χ0n) is 14.0. The number of anilines is 2. The molecule has 0 amide bonds. The van der Waals surface area contributed by atoms with Crippen LogP contribution >= 0.6 is 0 Å². The summed E-state index contributed by atoms with van der Waals surface area (Å²) < 4.78 is 5.83. The van der Waals surface area contributed by atoms with Crippen LogP contribution in [0.2, 0.25) is 0 Å². The maximum absolute atomic E-state index is 11.9. The van der Waals surface area contributed by atoms with Gasteiger partial charge in [-0.2, -0.15) is 5.26 Å². The third-order valence-corrected chi connectivity index (χ3v) is 3.54. The van der Waals surface area contributed by atoms with E-state index in [1.54, 1.807) is 30.3 Å². The standard InChI is InChI=1S/C20H17N3O2/c1-13-7-14(2)9-17(8-13)25-18-10-19(23-20(24)11-18)22-16-5-3-15(12-21)4-6-16/h3-11H,1-2H3,(H2,22,23,24). The molecule has 1 heterocycles. The largest absolute Gasteiger partial charge is 0.457 e. The molecule has 0 atom stereocenters. The van der Waals surface area contributed by atoms with Crippen LogP contribution in [0.1, 0.15) is 16.7 Å². The molecule has 0 aliphatic carbocycles. The molecule has 25 heavy (non-hydrogen) atoms. The molecule has 0 unspecified atom stereocenters. The second-order valence-corrected chi connectivity index (χ2v) is 5.83. The fourth-order valence-electron chi connectivity index (χ4n) is 2.56. The Kier molecular flexibility index (Phi) is 4.53. The Labute approximate surface area is 145 Å². The summed E-state index contributed by atoms with van der Waals surface area (Å²) in [5.41, 5.74) is 3.26. The maximum Gasteiger partial charge on any atom is 0.253 e. The van der Waals surface area contributed by atoms with Gasteiger partial charge in [0.1, 0.15) is 17.3 Å². The summed E-state index contributed by atoms with van der Waals surface area (Å²) in [7, 11) is 0. The average Bonchev–Trinajstić information content (AvgIpc) is 2.54. The Bertz CT molecular complexity index is 978. The van der Waals surface area contributed by atoms with E-state index >= 15 is 0 Å². The van der Waals surface area contributed by atoms with E-state index in [-0.39, 0.29) is 5.56 Å². The van der Waals surface area contributed by atoms with Crippen molar-refractivity contribution >= 4 is 11.5 Å². The lowest BCUT2D eigenvalue weighted by Gasteiger charge is -2.10. The predicted octanol–water partition coefficient (Wildman–Crippen LogP) is 4.40. The monoisotopic (exact) mass is 331 g/mol. The van der Waals surface area contributed by atoms with E-state index in [1.165, 1.54) is 6.07 Å². The molecule has 2 aromatic carbocycles. The van der Waals surface area contributed by atoms with Crippen LogP contribution in [0.5, 0.6) is 11.5 Å². The number of benzene rings is 2. The number of aromatic amines is 1. The second-order valence-electron chi connectivity index (χ2n) is 5.83. The van der Waals surface area contributed by atoms with Crippen LogP contribution in [0.25, 0.3) is 0 Å². The lowest BCUT2D eigenvalue weighted by molar-refractivity contribution is 0.481. The molecule has 0 spiro atoms. The number of nitriles is 1. The van der Waals surface area contributed by atoms with Gasteiger partial charge in [-0.3, -0.25) is 4.79 Å². The van der Waals surface area contributed by atoms with Crippen LogP contribution in [0.3, 0.4) is 0 Å². The van der Waals surface area contributed by atoms with Gasteiger partial charge in [0.2, 0.25) is 0 Å². The third kappa shape index (κ3) is 4.27. The molecular formula is C20H17N3O2. The van der Waals surface area contributed by atoms with Gasteiger partial charge in [0.25, 0.3) is 5.56 Å². The number of pyridine rings is 1. The molecule has 2 N–H and O–H groups in total. The highest BCUT2D eigenvalue weighted by Gasteiger charge is 2.04. The summed E-state index contributed by atoms with van der Waals surface area (Å²) in [6.07, 6.45) is 0. The van der Waals surface area contributed by atoms with Crippen molar-refractivity contribution < 1.29 is 4.74 Å². The maximum atomic E-state index is 11.9. The van der Waals surface area contributed by atoms with E-state index in [4.69, 9.17) is 10.00 Å². The van der Waals surface area contributed by atoms with E-state index in [0.29, 0.717) is 22.9 Å². The zero-order valence-corrected chi connectivity index (χ0v) is 14.0. The van der Waals surface area contributed by atoms with Crippen LogP contribution in [0.4, 0.5) is 11.5 Å². The molecule has 3 aromatic rings. The number of H-pyrrole nitrogens is 1. The summed E-state index contributed by atoms with van der Waals surface area (Å²) >= 11 is 0. The number of rotatable bonds is 4. The van der Waals surface area contributed by atoms with Crippen LogP contribution in [0.15, 0.2) is 59.4 Å². The van der Waals surface area contributed by atoms with Gasteiger partial charge in [-0.1, -0.05) is 6.07 Å². The van der Waals surface area contributed by atoms with Crippen LogP contribution in [0, 0.1) is 25.2 Å². The number of aryl methyl sites for hydroxylation is 2. The first-order valence-corrected chi connectivity index (χ1v) is 7.79. The van der Waals surface area contributed by atoms with Crippen LogP contribution in [-0.2, 0) is 0 Å². The summed E-state index contributed by atoms with van der Waals surface area (Å²) in [5, 5.41) is 11.9. The molecule has 0 radical (unpaired) electrons. The highest BCUT2D eigenvalue weighted by Crippen LogP contribution is 2.25. The molecule has 3 rings (SSSR count). The number of nitrogens with one attached hydrogen (secondary N) is 2. The second kappa shape index (κ2) is 6.93. The highest BCUT2D eigenvalue weighted by atomic mass is 16.5. The molecule has 0 aliphatic rings. The molecule has 5 heteroatoms. The van der Waals surface area contributed by atoms with Crippen molar-refractivity contribution in [3.63, 3.8) is 0 Å².